The minimum Gasteiger partial charge on any atom is -0.486 e. The van der Waals surface area contributed by atoms with Gasteiger partial charge in [0, 0.05) is 22.2 Å². The van der Waals surface area contributed by atoms with Crippen LogP contribution in [0.25, 0.3) is 11.3 Å². The number of ether oxygens (including phenoxy) is 1. The zero-order valence-corrected chi connectivity index (χ0v) is 12.3. The van der Waals surface area contributed by atoms with Crippen molar-refractivity contribution < 1.29 is 14.1 Å². The van der Waals surface area contributed by atoms with Gasteiger partial charge >= 0.3 is 0 Å². The molecule has 0 fully saturated rings. The Morgan fingerprint density at radius 1 is 1.14 bits per heavy atom. The van der Waals surface area contributed by atoms with Crippen molar-refractivity contribution in [2.75, 3.05) is 0 Å². The van der Waals surface area contributed by atoms with Crippen molar-refractivity contribution in [2.24, 2.45) is 0 Å². The second-order valence-corrected chi connectivity index (χ2v) is 5.10. The molecule has 3 aromatic rings. The second-order valence-electron chi connectivity index (χ2n) is 4.66. The SMILES string of the molecule is O=Cc1cccc(OCc2cc(-c3ccc(Cl)cc3)no2)c1. The van der Waals surface area contributed by atoms with Crippen molar-refractivity contribution in [2.45, 2.75) is 6.61 Å². The van der Waals surface area contributed by atoms with Gasteiger partial charge in [-0.25, -0.2) is 0 Å². The minimum absolute atomic E-state index is 0.239. The van der Waals surface area contributed by atoms with Crippen LogP contribution in [-0.2, 0) is 6.61 Å². The van der Waals surface area contributed by atoms with Crippen molar-refractivity contribution in [3.05, 3.63) is 70.9 Å². The Balaban J connectivity index is 1.69. The number of aldehydes is 1. The number of hydrogen-bond donors (Lipinski definition) is 0. The molecule has 0 saturated heterocycles. The number of benzene rings is 2. The fraction of sp³-hybridized carbons (Fsp3) is 0.0588. The molecule has 22 heavy (non-hydrogen) atoms. The summed E-state index contributed by atoms with van der Waals surface area (Å²) in [5, 5.41) is 4.68. The van der Waals surface area contributed by atoms with E-state index in [-0.39, 0.29) is 6.61 Å². The molecule has 0 bridgehead atoms. The van der Waals surface area contributed by atoms with Gasteiger partial charge in [0.05, 0.1) is 0 Å². The van der Waals surface area contributed by atoms with Crippen LogP contribution < -0.4 is 4.74 Å². The maximum atomic E-state index is 10.7. The van der Waals surface area contributed by atoms with Gasteiger partial charge in [-0.3, -0.25) is 4.79 Å². The van der Waals surface area contributed by atoms with E-state index in [0.29, 0.717) is 22.1 Å². The van der Waals surface area contributed by atoms with Crippen LogP contribution in [0.3, 0.4) is 0 Å². The van der Waals surface area contributed by atoms with Gasteiger partial charge in [0.1, 0.15) is 24.3 Å². The third-order valence-electron chi connectivity index (χ3n) is 3.07. The van der Waals surface area contributed by atoms with Crippen molar-refractivity contribution >= 4 is 17.9 Å². The zero-order valence-electron chi connectivity index (χ0n) is 11.5. The summed E-state index contributed by atoms with van der Waals surface area (Å²) in [6.45, 7) is 0.239. The van der Waals surface area contributed by atoms with Gasteiger partial charge in [-0.2, -0.15) is 0 Å². The molecule has 5 heteroatoms. The minimum atomic E-state index is 0.239. The molecule has 0 atom stereocenters. The molecule has 0 saturated carbocycles. The van der Waals surface area contributed by atoms with Gasteiger partial charge < -0.3 is 9.26 Å². The largest absolute Gasteiger partial charge is 0.486 e. The quantitative estimate of drug-likeness (QED) is 0.656. The first-order valence-electron chi connectivity index (χ1n) is 6.64. The highest BCUT2D eigenvalue weighted by Crippen LogP contribution is 2.22. The van der Waals surface area contributed by atoms with Crippen LogP contribution in [0, 0.1) is 0 Å². The highest BCUT2D eigenvalue weighted by atomic mass is 35.5. The van der Waals surface area contributed by atoms with E-state index in [4.69, 9.17) is 20.9 Å². The van der Waals surface area contributed by atoms with Crippen LogP contribution in [0.4, 0.5) is 0 Å². The lowest BCUT2D eigenvalue weighted by Gasteiger charge is -2.03. The Labute approximate surface area is 132 Å². The van der Waals surface area contributed by atoms with Crippen LogP contribution in [0.15, 0.2) is 59.1 Å². The van der Waals surface area contributed by atoms with Gasteiger partial charge in [0.2, 0.25) is 0 Å². The summed E-state index contributed by atoms with van der Waals surface area (Å²) >= 11 is 5.86. The Morgan fingerprint density at radius 3 is 2.73 bits per heavy atom. The molecule has 1 heterocycles. The molecule has 110 valence electrons. The Kier molecular flexibility index (Phi) is 4.21. The summed E-state index contributed by atoms with van der Waals surface area (Å²) in [6.07, 6.45) is 0.778. The summed E-state index contributed by atoms with van der Waals surface area (Å²) in [6, 6.07) is 16.1. The summed E-state index contributed by atoms with van der Waals surface area (Å²) in [4.78, 5) is 10.7. The lowest BCUT2D eigenvalue weighted by atomic mass is 10.1. The van der Waals surface area contributed by atoms with Crippen LogP contribution >= 0.6 is 11.6 Å². The number of carbonyl (C=O) groups is 1. The summed E-state index contributed by atoms with van der Waals surface area (Å²) < 4.78 is 10.8. The molecule has 3 rings (SSSR count). The molecule has 1 aromatic heterocycles. The van der Waals surface area contributed by atoms with E-state index in [1.165, 1.54) is 0 Å². The van der Waals surface area contributed by atoms with E-state index in [2.05, 4.69) is 5.16 Å². The molecule has 0 spiro atoms. The van der Waals surface area contributed by atoms with E-state index in [9.17, 15) is 4.79 Å². The molecule has 0 aliphatic heterocycles. The first kappa shape index (κ1) is 14.4. The van der Waals surface area contributed by atoms with Gasteiger partial charge in [0.15, 0.2) is 5.76 Å². The maximum absolute atomic E-state index is 10.7. The highest BCUT2D eigenvalue weighted by molar-refractivity contribution is 6.30. The topological polar surface area (TPSA) is 52.3 Å². The van der Waals surface area contributed by atoms with Crippen molar-refractivity contribution in [1.29, 1.82) is 0 Å². The van der Waals surface area contributed by atoms with Crippen LogP contribution in [0.5, 0.6) is 5.75 Å². The normalized spacial score (nSPS) is 10.4. The third-order valence-corrected chi connectivity index (χ3v) is 3.33. The van der Waals surface area contributed by atoms with Gasteiger partial charge in [-0.15, -0.1) is 0 Å². The van der Waals surface area contributed by atoms with E-state index in [1.54, 1.807) is 36.4 Å². The first-order chi connectivity index (χ1) is 10.7. The lowest BCUT2D eigenvalue weighted by molar-refractivity contribution is 0.112. The Morgan fingerprint density at radius 2 is 1.95 bits per heavy atom. The van der Waals surface area contributed by atoms with Crippen LogP contribution in [0.2, 0.25) is 5.02 Å². The molecule has 0 radical (unpaired) electrons. The Bertz CT molecular complexity index is 781. The molecular formula is C17H12ClNO3. The number of hydrogen-bond acceptors (Lipinski definition) is 4. The molecule has 4 nitrogen and oxygen atoms in total. The smallest absolute Gasteiger partial charge is 0.174 e. The van der Waals surface area contributed by atoms with Crippen LogP contribution in [0.1, 0.15) is 16.1 Å². The van der Waals surface area contributed by atoms with E-state index >= 15 is 0 Å². The van der Waals surface area contributed by atoms with Crippen molar-refractivity contribution in [3.8, 4) is 17.0 Å². The molecular weight excluding hydrogens is 302 g/mol. The molecule has 0 N–H and O–H groups in total. The number of carbonyl (C=O) groups excluding carboxylic acids is 1. The molecule has 0 aliphatic rings. The maximum Gasteiger partial charge on any atom is 0.174 e. The molecule has 2 aromatic carbocycles. The molecule has 0 amide bonds. The standard InChI is InChI=1S/C17H12ClNO3/c18-14-6-4-13(5-7-14)17-9-16(22-19-17)11-21-15-3-1-2-12(8-15)10-20/h1-10H,11H2. The summed E-state index contributed by atoms with van der Waals surface area (Å²) in [5.74, 6) is 1.20. The van der Waals surface area contributed by atoms with E-state index in [0.717, 1.165) is 17.5 Å². The monoisotopic (exact) mass is 313 g/mol. The fourth-order valence-corrected chi connectivity index (χ4v) is 2.10. The van der Waals surface area contributed by atoms with Gasteiger partial charge in [-0.1, -0.05) is 41.0 Å². The second kappa shape index (κ2) is 6.45. The highest BCUT2D eigenvalue weighted by Gasteiger charge is 2.07. The predicted octanol–water partition coefficient (Wildman–Crippen LogP) is 4.39. The number of rotatable bonds is 5. The van der Waals surface area contributed by atoms with Gasteiger partial charge in [0.25, 0.3) is 0 Å². The average Bonchev–Trinajstić information content (AvgIpc) is 3.03. The molecule has 0 aliphatic carbocycles. The molecule has 0 unspecified atom stereocenters. The average molecular weight is 314 g/mol. The Hall–Kier alpha value is -2.59. The third kappa shape index (κ3) is 3.35. The van der Waals surface area contributed by atoms with Crippen molar-refractivity contribution in [1.82, 2.24) is 5.16 Å². The number of nitrogens with zero attached hydrogens (tertiary/aromatic N) is 1. The van der Waals surface area contributed by atoms with Gasteiger partial charge in [-0.05, 0) is 24.3 Å². The van der Waals surface area contributed by atoms with Crippen LogP contribution in [-0.4, -0.2) is 11.4 Å². The van der Waals surface area contributed by atoms with E-state index < -0.39 is 0 Å². The number of aromatic nitrogens is 1. The summed E-state index contributed by atoms with van der Waals surface area (Å²) in [5.41, 5.74) is 2.20. The first-order valence-corrected chi connectivity index (χ1v) is 7.02. The zero-order chi connectivity index (χ0) is 15.4. The summed E-state index contributed by atoms with van der Waals surface area (Å²) in [7, 11) is 0. The predicted molar refractivity (Wildman–Crippen MR) is 83.1 cm³/mol. The fourth-order valence-electron chi connectivity index (χ4n) is 1.97. The number of halogens is 1. The van der Waals surface area contributed by atoms with Crippen molar-refractivity contribution in [3.63, 3.8) is 0 Å². The lowest BCUT2D eigenvalue weighted by Crippen LogP contribution is -1.94. The van der Waals surface area contributed by atoms with E-state index in [1.807, 2.05) is 18.2 Å².